The maximum atomic E-state index is 11.3. The van der Waals surface area contributed by atoms with Crippen molar-refractivity contribution < 1.29 is 10.0 Å². The van der Waals surface area contributed by atoms with Crippen LogP contribution in [0, 0.1) is 0 Å². The first-order valence-electron chi connectivity index (χ1n) is 4.84. The Balaban J connectivity index is 2.31. The second-order valence-electron chi connectivity index (χ2n) is 3.25. The number of carbonyl (C=O) groups excluding carboxylic acids is 1. The molecule has 0 fully saturated rings. The van der Waals surface area contributed by atoms with E-state index in [0.717, 1.165) is 5.56 Å². The molecule has 1 aromatic carbocycles. The third kappa shape index (κ3) is 5.07. The third-order valence-corrected chi connectivity index (χ3v) is 2.18. The zero-order valence-electron chi connectivity index (χ0n) is 8.98. The van der Waals surface area contributed by atoms with Crippen LogP contribution in [0.4, 0.5) is 4.79 Å². The largest absolute Gasteiger partial charge is 0.409 e. The molecule has 0 heterocycles. The van der Waals surface area contributed by atoms with Crippen LogP contribution in [-0.4, -0.2) is 23.6 Å². The van der Waals surface area contributed by atoms with Gasteiger partial charge in [-0.3, -0.25) is 0 Å². The number of carbonyl (C=O) groups is 1. The van der Waals surface area contributed by atoms with Crippen LogP contribution in [0.5, 0.6) is 0 Å². The lowest BCUT2D eigenvalue weighted by atomic mass is 10.2. The molecule has 0 aromatic heterocycles. The Morgan fingerprint density at radius 3 is 2.59 bits per heavy atom. The molecule has 0 saturated heterocycles. The maximum Gasteiger partial charge on any atom is 0.315 e. The molecule has 0 aliphatic rings. The van der Waals surface area contributed by atoms with Crippen LogP contribution < -0.4 is 16.4 Å². The summed E-state index contributed by atoms with van der Waals surface area (Å²) >= 11 is 5.72. The van der Waals surface area contributed by atoms with Gasteiger partial charge in [0.25, 0.3) is 0 Å². The van der Waals surface area contributed by atoms with Gasteiger partial charge in [0.15, 0.2) is 5.84 Å². The lowest BCUT2D eigenvalue weighted by molar-refractivity contribution is 0.241. The number of amidine groups is 1. The summed E-state index contributed by atoms with van der Waals surface area (Å²) in [6, 6.07) is 6.71. The molecule has 5 N–H and O–H groups in total. The van der Waals surface area contributed by atoms with Gasteiger partial charge in [0.2, 0.25) is 0 Å². The van der Waals surface area contributed by atoms with Gasteiger partial charge in [0.1, 0.15) is 0 Å². The monoisotopic (exact) mass is 256 g/mol. The van der Waals surface area contributed by atoms with Crippen LogP contribution in [0.3, 0.4) is 0 Å². The van der Waals surface area contributed by atoms with Crippen molar-refractivity contribution in [3.63, 3.8) is 0 Å². The minimum Gasteiger partial charge on any atom is -0.409 e. The zero-order valence-corrected chi connectivity index (χ0v) is 9.74. The van der Waals surface area contributed by atoms with Crippen LogP contribution in [-0.2, 0) is 6.54 Å². The van der Waals surface area contributed by atoms with Gasteiger partial charge in [0.05, 0.1) is 6.54 Å². The summed E-state index contributed by atoms with van der Waals surface area (Å²) in [5, 5.41) is 16.7. The van der Waals surface area contributed by atoms with Crippen molar-refractivity contribution in [3.8, 4) is 0 Å². The first-order valence-corrected chi connectivity index (χ1v) is 5.22. The number of hydrogen-bond donors (Lipinski definition) is 4. The zero-order chi connectivity index (χ0) is 12.7. The Morgan fingerprint density at radius 1 is 1.35 bits per heavy atom. The van der Waals surface area contributed by atoms with E-state index < -0.39 is 6.03 Å². The molecule has 0 aliphatic heterocycles. The van der Waals surface area contributed by atoms with Crippen molar-refractivity contribution >= 4 is 23.5 Å². The van der Waals surface area contributed by atoms with Crippen LogP contribution in [0.15, 0.2) is 29.4 Å². The normalized spacial score (nSPS) is 11.0. The van der Waals surface area contributed by atoms with Gasteiger partial charge in [-0.05, 0) is 17.7 Å². The van der Waals surface area contributed by atoms with Crippen LogP contribution in [0.2, 0.25) is 5.02 Å². The van der Waals surface area contributed by atoms with Gasteiger partial charge in [0, 0.05) is 11.6 Å². The number of oxime groups is 1. The van der Waals surface area contributed by atoms with Crippen molar-refractivity contribution in [3.05, 3.63) is 34.9 Å². The highest BCUT2D eigenvalue weighted by atomic mass is 35.5. The SMILES string of the molecule is N/C(CNC(=O)NCc1ccc(Cl)cc1)=N\O. The summed E-state index contributed by atoms with van der Waals surface area (Å²) in [4.78, 5) is 11.3. The van der Waals surface area contributed by atoms with Gasteiger partial charge in [-0.25, -0.2) is 4.79 Å². The number of urea groups is 1. The average molecular weight is 257 g/mol. The average Bonchev–Trinajstić information content (AvgIpc) is 2.35. The molecular weight excluding hydrogens is 244 g/mol. The van der Waals surface area contributed by atoms with Crippen molar-refractivity contribution in [2.75, 3.05) is 6.54 Å². The summed E-state index contributed by atoms with van der Waals surface area (Å²) in [6.07, 6.45) is 0. The highest BCUT2D eigenvalue weighted by Gasteiger charge is 2.01. The van der Waals surface area contributed by atoms with Crippen LogP contribution in [0.25, 0.3) is 0 Å². The third-order valence-electron chi connectivity index (χ3n) is 1.92. The number of benzene rings is 1. The Kier molecular flexibility index (Phi) is 5.09. The van der Waals surface area contributed by atoms with E-state index in [2.05, 4.69) is 15.8 Å². The Morgan fingerprint density at radius 2 is 2.00 bits per heavy atom. The number of rotatable bonds is 4. The topological polar surface area (TPSA) is 99.7 Å². The molecule has 1 rings (SSSR count). The standard InChI is InChI=1S/C10H13ClN4O2/c11-8-3-1-7(2-4-8)5-13-10(16)14-6-9(12)15-17/h1-4,17H,5-6H2,(H2,12,15)(H2,13,14,16). The van der Waals surface area contributed by atoms with E-state index in [1.54, 1.807) is 12.1 Å². The molecule has 0 unspecified atom stereocenters. The molecule has 0 bridgehead atoms. The lowest BCUT2D eigenvalue weighted by Gasteiger charge is -2.06. The van der Waals surface area contributed by atoms with E-state index in [9.17, 15) is 4.79 Å². The summed E-state index contributed by atoms with van der Waals surface area (Å²) in [6.45, 7) is 0.363. The van der Waals surface area contributed by atoms with E-state index in [4.69, 9.17) is 22.5 Å². The molecule has 7 heteroatoms. The Labute approximate surface area is 103 Å². The predicted molar refractivity (Wildman–Crippen MR) is 65.1 cm³/mol. The first kappa shape index (κ1) is 13.1. The molecule has 0 radical (unpaired) electrons. The van der Waals surface area contributed by atoms with E-state index in [0.29, 0.717) is 11.6 Å². The first-order chi connectivity index (χ1) is 8.11. The molecular formula is C10H13ClN4O2. The lowest BCUT2D eigenvalue weighted by Crippen LogP contribution is -2.40. The van der Waals surface area contributed by atoms with E-state index in [1.165, 1.54) is 0 Å². The van der Waals surface area contributed by atoms with E-state index in [1.807, 2.05) is 12.1 Å². The molecule has 1 aromatic rings. The van der Waals surface area contributed by atoms with Crippen LogP contribution >= 0.6 is 11.6 Å². The number of amides is 2. The summed E-state index contributed by atoms with van der Waals surface area (Å²) in [7, 11) is 0. The number of nitrogens with zero attached hydrogens (tertiary/aromatic N) is 1. The second-order valence-corrected chi connectivity index (χ2v) is 3.69. The molecule has 0 saturated carbocycles. The van der Waals surface area contributed by atoms with Crippen LogP contribution in [0.1, 0.15) is 5.56 Å². The highest BCUT2D eigenvalue weighted by molar-refractivity contribution is 6.30. The highest BCUT2D eigenvalue weighted by Crippen LogP contribution is 2.08. The smallest absolute Gasteiger partial charge is 0.315 e. The minimum atomic E-state index is -0.397. The van der Waals surface area contributed by atoms with E-state index in [-0.39, 0.29) is 12.4 Å². The minimum absolute atomic E-state index is 0.0110. The maximum absolute atomic E-state index is 11.3. The number of nitrogens with two attached hydrogens (primary N) is 1. The fourth-order valence-corrected chi connectivity index (χ4v) is 1.18. The predicted octanol–water partition coefficient (Wildman–Crippen LogP) is 0.886. The molecule has 0 atom stereocenters. The van der Waals surface area contributed by atoms with Crippen molar-refractivity contribution in [1.29, 1.82) is 0 Å². The van der Waals surface area contributed by atoms with Gasteiger partial charge in [-0.1, -0.05) is 28.9 Å². The number of halogens is 1. The molecule has 0 spiro atoms. The van der Waals surface area contributed by atoms with Crippen molar-refractivity contribution in [2.24, 2.45) is 10.9 Å². The summed E-state index contributed by atoms with van der Waals surface area (Å²) in [5.41, 5.74) is 6.11. The summed E-state index contributed by atoms with van der Waals surface area (Å²) < 4.78 is 0. The molecule has 17 heavy (non-hydrogen) atoms. The van der Waals surface area contributed by atoms with Gasteiger partial charge < -0.3 is 21.6 Å². The Bertz CT molecular complexity index is 405. The fraction of sp³-hybridized carbons (Fsp3) is 0.200. The van der Waals surface area contributed by atoms with E-state index >= 15 is 0 Å². The molecule has 6 nitrogen and oxygen atoms in total. The molecule has 92 valence electrons. The second kappa shape index (κ2) is 6.59. The van der Waals surface area contributed by atoms with Crippen molar-refractivity contribution in [2.45, 2.75) is 6.54 Å². The van der Waals surface area contributed by atoms with Gasteiger partial charge >= 0.3 is 6.03 Å². The molecule has 2 amide bonds. The number of hydrogen-bond acceptors (Lipinski definition) is 3. The van der Waals surface area contributed by atoms with Crippen molar-refractivity contribution in [1.82, 2.24) is 10.6 Å². The Hall–Kier alpha value is -1.95. The summed E-state index contributed by atoms with van der Waals surface area (Å²) in [5.74, 6) is -0.0633. The van der Waals surface area contributed by atoms with Gasteiger partial charge in [-0.15, -0.1) is 0 Å². The quantitative estimate of drug-likeness (QED) is 0.279. The fourth-order valence-electron chi connectivity index (χ4n) is 1.05. The number of nitrogens with one attached hydrogen (secondary N) is 2. The van der Waals surface area contributed by atoms with Gasteiger partial charge in [-0.2, -0.15) is 0 Å². The molecule has 0 aliphatic carbocycles.